The summed E-state index contributed by atoms with van der Waals surface area (Å²) in [7, 11) is 1.42. The maximum atomic E-state index is 14.6. The van der Waals surface area contributed by atoms with Crippen molar-refractivity contribution >= 4 is 40.3 Å². The van der Waals surface area contributed by atoms with Gasteiger partial charge >= 0.3 is 11.8 Å². The highest BCUT2D eigenvalue weighted by molar-refractivity contribution is 6.24. The van der Waals surface area contributed by atoms with Crippen molar-refractivity contribution in [2.45, 2.75) is 117 Å². The van der Waals surface area contributed by atoms with Gasteiger partial charge in [0.15, 0.2) is 5.75 Å². The Morgan fingerprint density at radius 3 is 2.25 bits per heavy atom. The number of rotatable bonds is 6. The number of nitrogens with one attached hydrogen (secondary N) is 1. The zero-order chi connectivity index (χ0) is 46.8. The van der Waals surface area contributed by atoms with E-state index in [1.807, 2.05) is 5.01 Å². The van der Waals surface area contributed by atoms with Crippen molar-refractivity contribution in [3.8, 4) is 23.0 Å². The van der Waals surface area contributed by atoms with Gasteiger partial charge in [-0.15, -0.1) is 0 Å². The molecule has 1 amide bonds. The van der Waals surface area contributed by atoms with Crippen molar-refractivity contribution in [3.05, 3.63) is 52.8 Å². The minimum atomic E-state index is -2.16. The molecule has 17 heteroatoms. The number of hydrogen-bond acceptors (Lipinski definition) is 16. The third-order valence-electron chi connectivity index (χ3n) is 13.5. The summed E-state index contributed by atoms with van der Waals surface area (Å²) in [4.78, 5) is 43.3. The summed E-state index contributed by atoms with van der Waals surface area (Å²) < 4.78 is 23.6. The van der Waals surface area contributed by atoms with E-state index in [1.165, 1.54) is 59.1 Å². The van der Waals surface area contributed by atoms with E-state index < -0.39 is 101 Å². The molecule has 64 heavy (non-hydrogen) atoms. The summed E-state index contributed by atoms with van der Waals surface area (Å²) in [6, 6.07) is 0.535. The first-order valence-corrected chi connectivity index (χ1v) is 22.1. The molecule has 0 radical (unpaired) electrons. The predicted molar refractivity (Wildman–Crippen MR) is 238 cm³/mol. The van der Waals surface area contributed by atoms with Gasteiger partial charge in [-0.05, 0) is 25.8 Å². The second-order valence-corrected chi connectivity index (χ2v) is 17.8. The maximum Gasteiger partial charge on any atom is 0.312 e. The monoisotopic (exact) mass is 892 g/mol. The molecule has 350 valence electrons. The van der Waals surface area contributed by atoms with Gasteiger partial charge in [-0.25, -0.2) is 0 Å². The number of piperazine rings is 1. The van der Waals surface area contributed by atoms with E-state index in [0.717, 1.165) is 32.2 Å². The van der Waals surface area contributed by atoms with Crippen LogP contribution in [0.4, 0.5) is 5.69 Å². The Bertz CT molecular complexity index is 2210. The molecule has 0 unspecified atom stereocenters. The number of phenols is 3. The first-order chi connectivity index (χ1) is 30.3. The lowest BCUT2D eigenvalue weighted by atomic mass is 9.78. The lowest BCUT2D eigenvalue weighted by Gasteiger charge is -2.38. The van der Waals surface area contributed by atoms with Crippen LogP contribution in [0.25, 0.3) is 10.8 Å². The molecule has 4 heterocycles. The number of carbonyl (C=O) groups excluding carboxylic acids is 3. The summed E-state index contributed by atoms with van der Waals surface area (Å²) in [6.45, 7) is 12.8. The number of aliphatic hydroxyl groups excluding tert-OH is 3. The van der Waals surface area contributed by atoms with Gasteiger partial charge in [0, 0.05) is 87.8 Å². The maximum absolute atomic E-state index is 14.6. The number of hydrogen-bond donors (Lipinski definition) is 7. The number of allylic oxidation sites excluding steroid dienone is 2. The van der Waals surface area contributed by atoms with Crippen molar-refractivity contribution in [2.24, 2.45) is 28.8 Å². The number of nitrogens with zero attached hydrogens (tertiary/aromatic N) is 3. The summed E-state index contributed by atoms with van der Waals surface area (Å²) in [6.07, 6.45) is 9.38. The summed E-state index contributed by atoms with van der Waals surface area (Å²) in [5.74, 6) is -9.26. The fourth-order valence-electron chi connectivity index (χ4n) is 9.53. The first kappa shape index (κ1) is 48.3. The highest BCUT2D eigenvalue weighted by atomic mass is 16.7. The number of ether oxygens (including phenoxy) is 4. The highest BCUT2D eigenvalue weighted by Gasteiger charge is 2.50. The molecular weight excluding hydrogens is 829 g/mol. The molecule has 1 saturated heterocycles. The van der Waals surface area contributed by atoms with Gasteiger partial charge in [-0.2, -0.15) is 5.10 Å². The van der Waals surface area contributed by atoms with Crippen LogP contribution in [-0.2, 0) is 30.4 Å². The van der Waals surface area contributed by atoms with Crippen LogP contribution in [0, 0.1) is 23.7 Å². The molecule has 7 N–H and O–H groups in total. The average molecular weight is 893 g/mol. The summed E-state index contributed by atoms with van der Waals surface area (Å²) in [5, 5.41) is 77.8. The number of methoxy groups -OCH3 is 1. The van der Waals surface area contributed by atoms with E-state index in [-0.39, 0.29) is 39.1 Å². The van der Waals surface area contributed by atoms with E-state index in [1.54, 1.807) is 39.8 Å². The van der Waals surface area contributed by atoms with E-state index in [0.29, 0.717) is 19.1 Å². The van der Waals surface area contributed by atoms with Gasteiger partial charge in [0.2, 0.25) is 0 Å². The largest absolute Gasteiger partial charge is 0.507 e. The van der Waals surface area contributed by atoms with E-state index in [4.69, 9.17) is 18.9 Å². The van der Waals surface area contributed by atoms with Crippen LogP contribution in [0.5, 0.6) is 23.0 Å². The highest BCUT2D eigenvalue weighted by Crippen LogP contribution is 2.55. The number of phenolic OH excluding ortho intramolecular Hbond substituents is 2. The Labute approximate surface area is 373 Å². The Balaban J connectivity index is 1.49. The van der Waals surface area contributed by atoms with E-state index in [9.17, 15) is 45.0 Å². The Hall–Kier alpha value is -5.20. The molecule has 5 aliphatic rings. The van der Waals surface area contributed by atoms with Crippen LogP contribution in [0.15, 0.2) is 41.2 Å². The fourth-order valence-corrected chi connectivity index (χ4v) is 9.53. The number of aromatic hydroxyl groups is 3. The van der Waals surface area contributed by atoms with Gasteiger partial charge in [0.25, 0.3) is 11.7 Å². The zero-order valence-electron chi connectivity index (χ0n) is 37.9. The zero-order valence-corrected chi connectivity index (χ0v) is 37.9. The number of fused-ring (bicyclic) bond motifs is 14. The second kappa shape index (κ2) is 19.9. The molecule has 2 aromatic rings. The molecule has 1 aliphatic carbocycles. The Morgan fingerprint density at radius 2 is 1.62 bits per heavy atom. The molecule has 0 aromatic heterocycles. The predicted octanol–water partition coefficient (Wildman–Crippen LogP) is 4.83. The van der Waals surface area contributed by atoms with Crippen molar-refractivity contribution < 1.29 is 64.0 Å². The SMILES string of the molecule is CO[C@H]1/C=C/O[C@@]2(C)Oc3c(CO)c(O)c4c(O)c(c(/C=N/N5CCN(C6CCCC6)CC5)c(O)c4c3C2=O)NC(=O)/C(C)=C\C=C\[C@H](C)[C@H](O)[C@@H](C)[C@@H](O)[C@@H](C)[C@H](OC(C)=O)[C@@H]1C. The minimum Gasteiger partial charge on any atom is -0.507 e. The molecule has 2 fully saturated rings. The lowest BCUT2D eigenvalue weighted by molar-refractivity contribution is -0.160. The third kappa shape index (κ3) is 9.45. The van der Waals surface area contributed by atoms with Crippen LogP contribution in [0.3, 0.4) is 0 Å². The number of carbonyl (C=O) groups is 3. The van der Waals surface area contributed by atoms with E-state index >= 15 is 0 Å². The first-order valence-electron chi connectivity index (χ1n) is 22.1. The quantitative estimate of drug-likeness (QED) is 0.0890. The number of Topliss-reactive ketones (excluding diaryl/α,β-unsaturated/α-hetero) is 1. The molecule has 2 aromatic carbocycles. The number of hydrazone groups is 1. The van der Waals surface area contributed by atoms with Gasteiger partial charge < -0.3 is 54.9 Å². The normalized spacial score (nSPS) is 32.0. The smallest absolute Gasteiger partial charge is 0.312 e. The van der Waals surface area contributed by atoms with Gasteiger partial charge in [0.1, 0.15) is 23.4 Å². The van der Waals surface area contributed by atoms with Crippen molar-refractivity contribution in [1.82, 2.24) is 9.91 Å². The fraction of sp³-hybridized carbons (Fsp3) is 0.574. The molecule has 0 spiro atoms. The van der Waals surface area contributed by atoms with Gasteiger partial charge in [-0.3, -0.25) is 24.3 Å². The molecule has 9 atom stereocenters. The third-order valence-corrected chi connectivity index (χ3v) is 13.5. The molecular formula is C47H64N4O13. The van der Waals surface area contributed by atoms with Gasteiger partial charge in [-0.1, -0.05) is 58.8 Å². The summed E-state index contributed by atoms with van der Waals surface area (Å²) >= 11 is 0. The van der Waals surface area contributed by atoms with Gasteiger partial charge in [0.05, 0.1) is 65.2 Å². The molecule has 7 rings (SSSR count). The van der Waals surface area contributed by atoms with Crippen LogP contribution in [0.1, 0.15) is 95.6 Å². The van der Waals surface area contributed by atoms with Crippen LogP contribution in [-0.4, -0.2) is 134 Å². The van der Waals surface area contributed by atoms with Crippen LogP contribution < -0.4 is 10.1 Å². The number of aliphatic hydroxyl groups is 3. The Morgan fingerprint density at radius 1 is 0.953 bits per heavy atom. The standard InChI is InChI=1S/C47H64N4O13/c1-24-12-11-13-25(2)46(60)49-37-31(22-48-51-19-17-50(18-20-51)30-14-9-10-15-30)40(56)34-35(42(37)58)41(57)32(23-52)44-36(34)45(59)47(7,64-44)62-21-16-33(61-8)26(3)43(63-29(6)53)28(5)39(55)27(4)38(24)54/h11-13,16,21-22,24,26-28,30,33,38-39,43,52,54-58H,9-10,14-15,17-20,23H2,1-8H3,(H,49,60)/b12-11+,21-16+,25-13-,48-22+/t24-,26+,27+,28+,33-,38-,39+,43+,47-/m0/s1. The molecule has 4 aliphatic heterocycles. The molecule has 5 bridgehead atoms. The molecule has 17 nitrogen and oxygen atoms in total. The number of benzene rings is 2. The number of esters is 1. The van der Waals surface area contributed by atoms with Crippen molar-refractivity contribution in [3.63, 3.8) is 0 Å². The van der Waals surface area contributed by atoms with Crippen LogP contribution in [0.2, 0.25) is 0 Å². The Kier molecular flexibility index (Phi) is 15.0. The lowest BCUT2D eigenvalue weighted by Crippen LogP contribution is -2.47. The number of ketones is 1. The van der Waals surface area contributed by atoms with E-state index in [2.05, 4.69) is 15.3 Å². The van der Waals surface area contributed by atoms with Crippen molar-refractivity contribution in [2.75, 3.05) is 38.6 Å². The minimum absolute atomic E-state index is 0.142. The van der Waals surface area contributed by atoms with Crippen molar-refractivity contribution in [1.29, 1.82) is 0 Å². The second-order valence-electron chi connectivity index (χ2n) is 17.8. The topological polar surface area (TPSA) is 240 Å². The summed E-state index contributed by atoms with van der Waals surface area (Å²) in [5.41, 5.74) is -0.960. The average Bonchev–Trinajstić information content (AvgIpc) is 3.90. The molecule has 1 saturated carbocycles. The number of anilines is 1. The number of amides is 1. The van der Waals surface area contributed by atoms with Crippen LogP contribution >= 0.6 is 0 Å².